The van der Waals surface area contributed by atoms with Gasteiger partial charge in [0, 0.05) is 42.9 Å². The van der Waals surface area contributed by atoms with Gasteiger partial charge in [-0.3, -0.25) is 19.9 Å². The maximum atomic E-state index is 12.3. The summed E-state index contributed by atoms with van der Waals surface area (Å²) >= 11 is 0. The van der Waals surface area contributed by atoms with Crippen LogP contribution in [0.4, 0.5) is 11.4 Å². The number of nitrogens with one attached hydrogen (secondary N) is 1. The van der Waals surface area contributed by atoms with Crippen LogP contribution in [0, 0.1) is 10.1 Å². The van der Waals surface area contributed by atoms with Crippen LogP contribution in [0.15, 0.2) is 47.1 Å². The zero-order valence-corrected chi connectivity index (χ0v) is 17.3. The first kappa shape index (κ1) is 20.1. The predicted octanol–water partition coefficient (Wildman–Crippen LogP) is 3.32. The quantitative estimate of drug-likeness (QED) is 0.462. The summed E-state index contributed by atoms with van der Waals surface area (Å²) in [5.74, 6) is 0.838. The molecule has 1 aliphatic carbocycles. The molecule has 0 unspecified atom stereocenters. The number of anilines is 1. The number of rotatable bonds is 6. The molecule has 2 fully saturated rings. The zero-order chi connectivity index (χ0) is 22.1. The van der Waals surface area contributed by atoms with Gasteiger partial charge in [-0.2, -0.15) is 4.98 Å². The van der Waals surface area contributed by atoms with Crippen LogP contribution in [0.1, 0.15) is 47.8 Å². The Bertz CT molecular complexity index is 1140. The normalized spacial score (nSPS) is 16.7. The van der Waals surface area contributed by atoms with Gasteiger partial charge in [-0.05, 0) is 49.9 Å². The molecule has 3 aromatic rings. The number of nitrogens with zero attached hydrogens (tertiary/aromatic N) is 5. The molecule has 3 heterocycles. The van der Waals surface area contributed by atoms with E-state index in [-0.39, 0.29) is 23.6 Å². The molecular formula is C22H22N6O4. The number of aromatic nitrogens is 3. The molecule has 0 bridgehead atoms. The van der Waals surface area contributed by atoms with Crippen molar-refractivity contribution < 1.29 is 14.2 Å². The smallest absolute Gasteiger partial charge is 0.293 e. The van der Waals surface area contributed by atoms with Crippen molar-refractivity contribution in [1.29, 1.82) is 0 Å². The van der Waals surface area contributed by atoms with Gasteiger partial charge in [-0.1, -0.05) is 11.2 Å². The van der Waals surface area contributed by atoms with E-state index in [2.05, 4.69) is 20.4 Å². The van der Waals surface area contributed by atoms with Crippen molar-refractivity contribution in [2.45, 2.75) is 37.6 Å². The fourth-order valence-electron chi connectivity index (χ4n) is 3.94. The SMILES string of the molecule is O=C(NC1CC1)c1ccc(N2CCC(c3nc(-c4ccccn4)no3)CC2)c([N+](=O)[O-])c1. The number of nitro groups is 1. The van der Waals surface area contributed by atoms with Crippen molar-refractivity contribution in [2.75, 3.05) is 18.0 Å². The maximum Gasteiger partial charge on any atom is 0.293 e. The Hall–Kier alpha value is -3.82. The monoisotopic (exact) mass is 434 g/mol. The van der Waals surface area contributed by atoms with E-state index in [1.54, 1.807) is 18.3 Å². The molecule has 32 heavy (non-hydrogen) atoms. The van der Waals surface area contributed by atoms with Gasteiger partial charge < -0.3 is 14.7 Å². The first-order chi connectivity index (χ1) is 15.6. The van der Waals surface area contributed by atoms with Crippen LogP contribution < -0.4 is 10.2 Å². The first-order valence-corrected chi connectivity index (χ1v) is 10.7. The Kier molecular flexibility index (Phi) is 5.26. The van der Waals surface area contributed by atoms with Crippen LogP contribution in [0.25, 0.3) is 11.5 Å². The van der Waals surface area contributed by atoms with Crippen LogP contribution >= 0.6 is 0 Å². The van der Waals surface area contributed by atoms with E-state index in [4.69, 9.17) is 4.52 Å². The number of amides is 1. The Balaban J connectivity index is 1.28. The number of hydrogen-bond acceptors (Lipinski definition) is 8. The predicted molar refractivity (Wildman–Crippen MR) is 115 cm³/mol. The first-order valence-electron chi connectivity index (χ1n) is 10.7. The third kappa shape index (κ3) is 4.16. The highest BCUT2D eigenvalue weighted by molar-refractivity contribution is 5.96. The third-order valence-corrected chi connectivity index (χ3v) is 5.87. The molecule has 0 atom stereocenters. The molecule has 5 rings (SSSR count). The summed E-state index contributed by atoms with van der Waals surface area (Å²) in [5, 5.41) is 18.6. The lowest BCUT2D eigenvalue weighted by molar-refractivity contribution is -0.384. The Morgan fingerprint density at radius 3 is 2.66 bits per heavy atom. The second kappa shape index (κ2) is 8.37. The fourth-order valence-corrected chi connectivity index (χ4v) is 3.94. The van der Waals surface area contributed by atoms with Crippen molar-refractivity contribution >= 4 is 17.3 Å². The minimum atomic E-state index is -0.424. The standard InChI is InChI=1S/C22H22N6O4/c29-21(24-16-5-6-16)15-4-7-18(19(13-15)28(30)31)27-11-8-14(9-12-27)22-25-20(26-32-22)17-3-1-2-10-23-17/h1-4,7,10,13-14,16H,5-6,8-9,11-12H2,(H,24,29). The Morgan fingerprint density at radius 1 is 1.16 bits per heavy atom. The largest absolute Gasteiger partial charge is 0.366 e. The second-order valence-electron chi connectivity index (χ2n) is 8.14. The van der Waals surface area contributed by atoms with E-state index in [1.165, 1.54) is 6.07 Å². The molecule has 1 saturated carbocycles. The molecule has 2 aromatic heterocycles. The molecule has 1 N–H and O–H groups in total. The van der Waals surface area contributed by atoms with Crippen molar-refractivity contribution in [1.82, 2.24) is 20.4 Å². The summed E-state index contributed by atoms with van der Waals surface area (Å²) in [6.45, 7) is 1.22. The summed E-state index contributed by atoms with van der Waals surface area (Å²) in [6, 6.07) is 10.4. The second-order valence-corrected chi connectivity index (χ2v) is 8.14. The maximum absolute atomic E-state index is 12.3. The number of piperidine rings is 1. The van der Waals surface area contributed by atoms with Crippen molar-refractivity contribution in [2.24, 2.45) is 0 Å². The van der Waals surface area contributed by atoms with Gasteiger partial charge in [0.1, 0.15) is 11.4 Å². The van der Waals surface area contributed by atoms with E-state index in [9.17, 15) is 14.9 Å². The molecule has 0 spiro atoms. The summed E-state index contributed by atoms with van der Waals surface area (Å²) in [5.41, 5.74) is 1.44. The molecule has 1 amide bonds. The molecule has 10 heteroatoms. The van der Waals surface area contributed by atoms with Gasteiger partial charge in [0.05, 0.1) is 4.92 Å². The molecule has 10 nitrogen and oxygen atoms in total. The summed E-state index contributed by atoms with van der Waals surface area (Å²) in [7, 11) is 0. The minimum Gasteiger partial charge on any atom is -0.366 e. The lowest BCUT2D eigenvalue weighted by atomic mass is 9.96. The number of pyridine rings is 1. The van der Waals surface area contributed by atoms with Crippen LogP contribution in [-0.2, 0) is 0 Å². The third-order valence-electron chi connectivity index (χ3n) is 5.87. The van der Waals surface area contributed by atoms with Gasteiger partial charge >= 0.3 is 0 Å². The average molecular weight is 434 g/mol. The molecule has 164 valence electrons. The van der Waals surface area contributed by atoms with E-state index in [1.807, 2.05) is 23.1 Å². The van der Waals surface area contributed by atoms with Crippen molar-refractivity contribution in [3.05, 3.63) is 64.2 Å². The molecule has 1 aliphatic heterocycles. The van der Waals surface area contributed by atoms with Crippen LogP contribution in [-0.4, -0.2) is 45.1 Å². The van der Waals surface area contributed by atoms with Gasteiger partial charge in [0.2, 0.25) is 11.7 Å². The summed E-state index contributed by atoms with van der Waals surface area (Å²) < 4.78 is 5.47. The van der Waals surface area contributed by atoms with E-state index >= 15 is 0 Å². The Morgan fingerprint density at radius 2 is 1.97 bits per heavy atom. The number of carbonyl (C=O) groups excluding carboxylic acids is 1. The number of hydrogen-bond donors (Lipinski definition) is 1. The highest BCUT2D eigenvalue weighted by atomic mass is 16.6. The van der Waals surface area contributed by atoms with Crippen LogP contribution in [0.3, 0.4) is 0 Å². The zero-order valence-electron chi connectivity index (χ0n) is 17.3. The average Bonchev–Trinajstić information content (AvgIpc) is 3.50. The van der Waals surface area contributed by atoms with E-state index < -0.39 is 4.92 Å². The van der Waals surface area contributed by atoms with Gasteiger partial charge in [0.25, 0.3) is 11.6 Å². The molecule has 1 aromatic carbocycles. The van der Waals surface area contributed by atoms with Gasteiger partial charge in [-0.15, -0.1) is 0 Å². The summed E-state index contributed by atoms with van der Waals surface area (Å²) in [4.78, 5) is 34.3. The molecule has 0 radical (unpaired) electrons. The lowest BCUT2D eigenvalue weighted by Gasteiger charge is -2.31. The van der Waals surface area contributed by atoms with Crippen molar-refractivity contribution in [3.8, 4) is 11.5 Å². The topological polar surface area (TPSA) is 127 Å². The van der Waals surface area contributed by atoms with Gasteiger partial charge in [-0.25, -0.2) is 0 Å². The number of benzene rings is 1. The number of nitro benzene ring substituents is 1. The van der Waals surface area contributed by atoms with Crippen LogP contribution in [0.5, 0.6) is 0 Å². The molecule has 1 saturated heterocycles. The minimum absolute atomic E-state index is 0.0536. The number of carbonyl (C=O) groups is 1. The van der Waals surface area contributed by atoms with Gasteiger partial charge in [0.15, 0.2) is 0 Å². The van der Waals surface area contributed by atoms with Crippen LogP contribution in [0.2, 0.25) is 0 Å². The lowest BCUT2D eigenvalue weighted by Crippen LogP contribution is -2.33. The molecular weight excluding hydrogens is 412 g/mol. The summed E-state index contributed by atoms with van der Waals surface area (Å²) in [6.07, 6.45) is 5.06. The van der Waals surface area contributed by atoms with E-state index in [0.717, 1.165) is 25.7 Å². The Labute approximate surface area is 183 Å². The van der Waals surface area contributed by atoms with E-state index in [0.29, 0.717) is 41.7 Å². The van der Waals surface area contributed by atoms with Crippen molar-refractivity contribution in [3.63, 3.8) is 0 Å². The highest BCUT2D eigenvalue weighted by Crippen LogP contribution is 2.35. The fraction of sp³-hybridized carbons (Fsp3) is 0.364. The highest BCUT2D eigenvalue weighted by Gasteiger charge is 2.30. The molecule has 2 aliphatic rings.